The Labute approximate surface area is 151 Å². The van der Waals surface area contributed by atoms with Gasteiger partial charge in [-0.15, -0.1) is 0 Å². The monoisotopic (exact) mass is 360 g/mol. The van der Waals surface area contributed by atoms with Gasteiger partial charge in [-0.3, -0.25) is 14.5 Å². The molecule has 1 amide bonds. The van der Waals surface area contributed by atoms with Gasteiger partial charge in [-0.05, 0) is 45.0 Å². The molecule has 140 valence electrons. The van der Waals surface area contributed by atoms with Gasteiger partial charge >= 0.3 is 0 Å². The van der Waals surface area contributed by atoms with Crippen molar-refractivity contribution in [3.05, 3.63) is 51.5 Å². The van der Waals surface area contributed by atoms with Crippen LogP contribution in [-0.2, 0) is 11.3 Å². The molecule has 0 aromatic carbocycles. The van der Waals surface area contributed by atoms with Gasteiger partial charge in [0.25, 0.3) is 0 Å². The highest BCUT2D eigenvalue weighted by atomic mass is 16.4. The third kappa shape index (κ3) is 4.16. The minimum absolute atomic E-state index is 0.0256. The van der Waals surface area contributed by atoms with Crippen LogP contribution in [0.15, 0.2) is 31.8 Å². The molecule has 1 fully saturated rings. The average Bonchev–Trinajstić information content (AvgIpc) is 3.03. The number of hydrogen-bond acceptors (Lipinski definition) is 6. The van der Waals surface area contributed by atoms with Crippen molar-refractivity contribution < 1.29 is 18.7 Å². The number of primary amides is 1. The lowest BCUT2D eigenvalue weighted by atomic mass is 9.97. The first-order valence-corrected chi connectivity index (χ1v) is 8.87. The molecule has 1 aliphatic rings. The fourth-order valence-electron chi connectivity index (χ4n) is 3.37. The number of rotatable bonds is 6. The van der Waals surface area contributed by atoms with Gasteiger partial charge in [-0.25, -0.2) is 0 Å². The van der Waals surface area contributed by atoms with Gasteiger partial charge in [0.2, 0.25) is 17.1 Å². The number of aryl methyl sites for hydroxylation is 1. The minimum Gasteiger partial charge on any atom is -0.502 e. The summed E-state index contributed by atoms with van der Waals surface area (Å²) in [5.41, 5.74) is 4.83. The lowest BCUT2D eigenvalue weighted by Crippen LogP contribution is -2.29. The molecule has 3 rings (SSSR count). The predicted molar refractivity (Wildman–Crippen MR) is 94.9 cm³/mol. The summed E-state index contributed by atoms with van der Waals surface area (Å²) in [5.74, 6) is -0.258. The van der Waals surface area contributed by atoms with Crippen molar-refractivity contribution in [1.82, 2.24) is 4.90 Å². The van der Waals surface area contributed by atoms with E-state index in [0.717, 1.165) is 25.9 Å². The molecule has 2 aromatic rings. The molecular weight excluding hydrogens is 336 g/mol. The van der Waals surface area contributed by atoms with Crippen molar-refractivity contribution in [3.8, 4) is 5.75 Å². The molecule has 0 saturated carbocycles. The molecule has 0 unspecified atom stereocenters. The van der Waals surface area contributed by atoms with Crippen LogP contribution >= 0.6 is 0 Å². The van der Waals surface area contributed by atoms with Crippen LogP contribution in [-0.4, -0.2) is 29.0 Å². The van der Waals surface area contributed by atoms with E-state index in [2.05, 4.69) is 4.90 Å². The molecule has 3 heterocycles. The molecule has 7 nitrogen and oxygen atoms in total. The normalized spacial score (nSPS) is 16.5. The molecule has 7 heteroatoms. The summed E-state index contributed by atoms with van der Waals surface area (Å²) in [5, 5.41) is 10.3. The molecule has 1 saturated heterocycles. The Morgan fingerprint density at radius 1 is 1.27 bits per heavy atom. The van der Waals surface area contributed by atoms with Gasteiger partial charge in [0.1, 0.15) is 17.3 Å². The largest absolute Gasteiger partial charge is 0.502 e. The zero-order chi connectivity index (χ0) is 18.7. The maximum absolute atomic E-state index is 12.3. The second-order valence-electron chi connectivity index (χ2n) is 6.80. The molecule has 1 atom stereocenters. The second kappa shape index (κ2) is 7.78. The molecule has 0 spiro atoms. The number of amides is 1. The molecule has 0 radical (unpaired) electrons. The van der Waals surface area contributed by atoms with Gasteiger partial charge in [0.15, 0.2) is 5.76 Å². The lowest BCUT2D eigenvalue weighted by Gasteiger charge is -2.26. The van der Waals surface area contributed by atoms with E-state index in [9.17, 15) is 14.7 Å². The molecular formula is C19H24N2O5. The summed E-state index contributed by atoms with van der Waals surface area (Å²) in [6.45, 7) is 4.15. The van der Waals surface area contributed by atoms with Crippen molar-refractivity contribution >= 4 is 5.91 Å². The van der Waals surface area contributed by atoms with Crippen LogP contribution in [0.25, 0.3) is 0 Å². The molecule has 2 aromatic heterocycles. The van der Waals surface area contributed by atoms with E-state index in [1.807, 2.05) is 0 Å². The van der Waals surface area contributed by atoms with E-state index in [-0.39, 0.29) is 12.2 Å². The second-order valence-corrected chi connectivity index (χ2v) is 6.80. The zero-order valence-electron chi connectivity index (χ0n) is 14.9. The van der Waals surface area contributed by atoms with Crippen molar-refractivity contribution in [2.45, 2.75) is 45.1 Å². The Hall–Kier alpha value is -2.54. The first kappa shape index (κ1) is 18.3. The van der Waals surface area contributed by atoms with E-state index in [0.29, 0.717) is 23.8 Å². The summed E-state index contributed by atoms with van der Waals surface area (Å²) in [6.07, 6.45) is 3.31. The lowest BCUT2D eigenvalue weighted by molar-refractivity contribution is -0.118. The maximum Gasteiger partial charge on any atom is 0.227 e. The number of carbonyl (C=O) groups is 1. The fraction of sp³-hybridized carbons (Fsp3) is 0.474. The van der Waals surface area contributed by atoms with Gasteiger partial charge < -0.3 is 19.7 Å². The topological polar surface area (TPSA) is 110 Å². The minimum atomic E-state index is -0.741. The Kier molecular flexibility index (Phi) is 5.46. The quantitative estimate of drug-likeness (QED) is 0.817. The molecule has 3 N–H and O–H groups in total. The summed E-state index contributed by atoms with van der Waals surface area (Å²) >= 11 is 0. The fourth-order valence-corrected chi connectivity index (χ4v) is 3.37. The molecule has 26 heavy (non-hydrogen) atoms. The summed E-state index contributed by atoms with van der Waals surface area (Å²) in [4.78, 5) is 26.0. The number of hydrogen-bond donors (Lipinski definition) is 2. The average molecular weight is 360 g/mol. The van der Waals surface area contributed by atoms with Crippen LogP contribution in [0.4, 0.5) is 0 Å². The van der Waals surface area contributed by atoms with Crippen molar-refractivity contribution in [3.63, 3.8) is 0 Å². The molecule has 0 aliphatic carbocycles. The van der Waals surface area contributed by atoms with Crippen LogP contribution < -0.4 is 11.2 Å². The standard InChI is InChI=1S/C19H24N2O5/c1-12-5-6-16(25-12)14(10-17(20)23)19-18(24)15(22)9-13(26-19)11-21-7-3-2-4-8-21/h5-6,9,14,24H,2-4,7-8,10-11H2,1H3,(H2,20,23)/t14-/m0/s1. The summed E-state index contributed by atoms with van der Waals surface area (Å²) in [6, 6.07) is 4.75. The van der Waals surface area contributed by atoms with E-state index in [4.69, 9.17) is 14.6 Å². The van der Waals surface area contributed by atoms with Gasteiger partial charge in [0.05, 0.1) is 12.5 Å². The van der Waals surface area contributed by atoms with E-state index < -0.39 is 23.0 Å². The Morgan fingerprint density at radius 2 is 2.00 bits per heavy atom. The smallest absolute Gasteiger partial charge is 0.227 e. The Morgan fingerprint density at radius 3 is 2.62 bits per heavy atom. The van der Waals surface area contributed by atoms with Crippen LogP contribution in [0, 0.1) is 6.92 Å². The Bertz CT molecular complexity index is 833. The highest BCUT2D eigenvalue weighted by Crippen LogP contribution is 2.34. The number of carbonyl (C=O) groups excluding carboxylic acids is 1. The van der Waals surface area contributed by atoms with Crippen molar-refractivity contribution in [2.75, 3.05) is 13.1 Å². The van der Waals surface area contributed by atoms with E-state index in [1.54, 1.807) is 19.1 Å². The Balaban J connectivity index is 1.97. The predicted octanol–water partition coefficient (Wildman–Crippen LogP) is 2.24. The van der Waals surface area contributed by atoms with Gasteiger partial charge in [-0.2, -0.15) is 0 Å². The van der Waals surface area contributed by atoms with Crippen LogP contribution in [0.1, 0.15) is 54.6 Å². The van der Waals surface area contributed by atoms with E-state index in [1.165, 1.54) is 12.5 Å². The SMILES string of the molecule is Cc1ccc([C@H](CC(N)=O)c2oc(CN3CCCCC3)cc(=O)c2O)o1. The highest BCUT2D eigenvalue weighted by molar-refractivity contribution is 5.75. The third-order valence-corrected chi connectivity index (χ3v) is 4.65. The number of aromatic hydroxyl groups is 1. The number of likely N-dealkylation sites (tertiary alicyclic amines) is 1. The number of nitrogens with two attached hydrogens (primary N) is 1. The highest BCUT2D eigenvalue weighted by Gasteiger charge is 2.28. The number of nitrogens with zero attached hydrogens (tertiary/aromatic N) is 1. The van der Waals surface area contributed by atoms with Crippen molar-refractivity contribution in [1.29, 1.82) is 0 Å². The van der Waals surface area contributed by atoms with Crippen LogP contribution in [0.3, 0.4) is 0 Å². The summed E-state index contributed by atoms with van der Waals surface area (Å²) in [7, 11) is 0. The van der Waals surface area contributed by atoms with Crippen molar-refractivity contribution in [2.24, 2.45) is 5.73 Å². The maximum atomic E-state index is 12.3. The van der Waals surface area contributed by atoms with Crippen LogP contribution in [0.2, 0.25) is 0 Å². The third-order valence-electron chi connectivity index (χ3n) is 4.65. The molecule has 1 aliphatic heterocycles. The first-order valence-electron chi connectivity index (χ1n) is 8.87. The van der Waals surface area contributed by atoms with Gasteiger partial charge in [0, 0.05) is 12.5 Å². The van der Waals surface area contributed by atoms with Crippen LogP contribution in [0.5, 0.6) is 5.75 Å². The zero-order valence-corrected chi connectivity index (χ0v) is 14.9. The summed E-state index contributed by atoms with van der Waals surface area (Å²) < 4.78 is 11.5. The molecule has 0 bridgehead atoms. The van der Waals surface area contributed by atoms with Gasteiger partial charge in [-0.1, -0.05) is 6.42 Å². The van der Waals surface area contributed by atoms with E-state index >= 15 is 0 Å². The number of furan rings is 1. The first-order chi connectivity index (χ1) is 12.4. The number of piperidine rings is 1.